The van der Waals surface area contributed by atoms with Gasteiger partial charge in [-0.05, 0) is 38.5 Å². The van der Waals surface area contributed by atoms with Crippen LogP contribution in [0.25, 0.3) is 0 Å². The Morgan fingerprint density at radius 2 is 1.92 bits per heavy atom. The summed E-state index contributed by atoms with van der Waals surface area (Å²) in [6, 6.07) is 7.33. The fourth-order valence-corrected chi connectivity index (χ4v) is 2.50. The van der Waals surface area contributed by atoms with Crippen LogP contribution in [0.4, 0.5) is 0 Å². The number of hydrogen-bond acceptors (Lipinski definition) is 5. The molecule has 0 aromatic heterocycles. The summed E-state index contributed by atoms with van der Waals surface area (Å²) in [6.07, 6.45) is -0.611. The predicted octanol–water partition coefficient (Wildman–Crippen LogP) is 1.81. The summed E-state index contributed by atoms with van der Waals surface area (Å²) in [5.41, 5.74) is 0.796. The minimum Gasteiger partial charge on any atom is -0.491 e. The van der Waals surface area contributed by atoms with Gasteiger partial charge in [-0.25, -0.2) is 0 Å². The number of ether oxygens (including phenoxy) is 3. The van der Waals surface area contributed by atoms with Crippen molar-refractivity contribution in [2.24, 2.45) is 0 Å². The summed E-state index contributed by atoms with van der Waals surface area (Å²) in [5, 5.41) is 0. The number of benzene rings is 1. The summed E-state index contributed by atoms with van der Waals surface area (Å²) in [6.45, 7) is 7.61. The molecule has 24 heavy (non-hydrogen) atoms. The number of esters is 1. The topological polar surface area (TPSA) is 65.1 Å². The first-order valence-corrected chi connectivity index (χ1v) is 8.27. The Morgan fingerprint density at radius 1 is 1.21 bits per heavy atom. The van der Waals surface area contributed by atoms with Gasteiger partial charge in [0.1, 0.15) is 5.75 Å². The van der Waals surface area contributed by atoms with Gasteiger partial charge >= 0.3 is 5.97 Å². The van der Waals surface area contributed by atoms with Crippen LogP contribution in [0.3, 0.4) is 0 Å². The summed E-state index contributed by atoms with van der Waals surface area (Å²) < 4.78 is 16.1. The Kier molecular flexibility index (Phi) is 6.61. The number of rotatable bonds is 6. The number of hydrogen-bond donors (Lipinski definition) is 0. The molecule has 1 aromatic rings. The van der Waals surface area contributed by atoms with Crippen molar-refractivity contribution in [1.29, 1.82) is 0 Å². The molecule has 0 spiro atoms. The van der Waals surface area contributed by atoms with Gasteiger partial charge in [-0.3, -0.25) is 9.59 Å². The monoisotopic (exact) mass is 335 g/mol. The number of amides is 1. The smallest absolute Gasteiger partial charge is 0.311 e. The lowest BCUT2D eigenvalue weighted by atomic mass is 10.1. The zero-order valence-electron chi connectivity index (χ0n) is 14.5. The third-order valence-electron chi connectivity index (χ3n) is 3.60. The van der Waals surface area contributed by atoms with Crippen molar-refractivity contribution >= 4 is 11.9 Å². The molecular formula is C18H25NO5. The molecule has 6 nitrogen and oxygen atoms in total. The minimum atomic E-state index is -0.786. The van der Waals surface area contributed by atoms with E-state index in [1.807, 2.05) is 38.1 Å². The highest BCUT2D eigenvalue weighted by Crippen LogP contribution is 2.16. The molecule has 0 aliphatic carbocycles. The molecule has 0 bridgehead atoms. The Labute approximate surface area is 142 Å². The third-order valence-corrected chi connectivity index (χ3v) is 3.60. The molecule has 1 fully saturated rings. The average molecular weight is 335 g/mol. The van der Waals surface area contributed by atoms with E-state index >= 15 is 0 Å². The molecule has 6 heteroatoms. The van der Waals surface area contributed by atoms with E-state index in [-0.39, 0.29) is 18.4 Å². The summed E-state index contributed by atoms with van der Waals surface area (Å²) in [7, 11) is 0. The molecule has 0 radical (unpaired) electrons. The third kappa shape index (κ3) is 5.53. The second kappa shape index (κ2) is 8.68. The Morgan fingerprint density at radius 3 is 2.58 bits per heavy atom. The Balaban J connectivity index is 1.86. The summed E-state index contributed by atoms with van der Waals surface area (Å²) in [4.78, 5) is 26.0. The number of morpholine rings is 1. The molecule has 1 unspecified atom stereocenters. The largest absolute Gasteiger partial charge is 0.491 e. The maximum atomic E-state index is 12.2. The van der Waals surface area contributed by atoms with E-state index in [2.05, 4.69) is 0 Å². The molecule has 1 aromatic carbocycles. The van der Waals surface area contributed by atoms with Crippen molar-refractivity contribution in [3.63, 3.8) is 0 Å². The van der Waals surface area contributed by atoms with Gasteiger partial charge in [0, 0.05) is 13.1 Å². The SMILES string of the molecule is CC(C)Oc1cccc(CC(=O)OC(C)C(=O)N2CCOCC2)c1. The van der Waals surface area contributed by atoms with Crippen molar-refractivity contribution in [2.45, 2.75) is 39.4 Å². The second-order valence-electron chi connectivity index (χ2n) is 6.06. The molecule has 132 valence electrons. The van der Waals surface area contributed by atoms with Crippen molar-refractivity contribution in [3.05, 3.63) is 29.8 Å². The molecule has 0 N–H and O–H groups in total. The van der Waals surface area contributed by atoms with E-state index in [9.17, 15) is 9.59 Å². The van der Waals surface area contributed by atoms with Crippen molar-refractivity contribution in [2.75, 3.05) is 26.3 Å². The van der Waals surface area contributed by atoms with Crippen LogP contribution in [0.5, 0.6) is 5.75 Å². The summed E-state index contributed by atoms with van der Waals surface area (Å²) in [5.74, 6) is 0.113. The lowest BCUT2D eigenvalue weighted by Crippen LogP contribution is -2.46. The molecule has 1 amide bonds. The lowest BCUT2D eigenvalue weighted by Gasteiger charge is -2.28. The van der Waals surface area contributed by atoms with Gasteiger partial charge in [-0.2, -0.15) is 0 Å². The van der Waals surface area contributed by atoms with Crippen molar-refractivity contribution in [1.82, 2.24) is 4.90 Å². The van der Waals surface area contributed by atoms with Crippen LogP contribution < -0.4 is 4.74 Å². The first-order valence-electron chi connectivity index (χ1n) is 8.27. The standard InChI is InChI=1S/C18H25NO5/c1-13(2)23-16-6-4-5-15(11-16)12-17(20)24-14(3)18(21)19-7-9-22-10-8-19/h4-6,11,13-14H,7-10,12H2,1-3H3. The predicted molar refractivity (Wildman–Crippen MR) is 88.9 cm³/mol. The molecule has 0 saturated carbocycles. The van der Waals surface area contributed by atoms with Gasteiger partial charge in [0.15, 0.2) is 6.10 Å². The quantitative estimate of drug-likeness (QED) is 0.742. The van der Waals surface area contributed by atoms with Gasteiger partial charge < -0.3 is 19.1 Å². The van der Waals surface area contributed by atoms with Crippen LogP contribution in [-0.4, -0.2) is 55.3 Å². The maximum Gasteiger partial charge on any atom is 0.311 e. The van der Waals surface area contributed by atoms with Gasteiger partial charge in [0.2, 0.25) is 0 Å². The van der Waals surface area contributed by atoms with Crippen LogP contribution in [0, 0.1) is 0 Å². The highest BCUT2D eigenvalue weighted by molar-refractivity contribution is 5.84. The van der Waals surface area contributed by atoms with Gasteiger partial charge in [0.25, 0.3) is 5.91 Å². The zero-order valence-corrected chi connectivity index (χ0v) is 14.5. The van der Waals surface area contributed by atoms with Crippen LogP contribution in [0.1, 0.15) is 26.3 Å². The van der Waals surface area contributed by atoms with Gasteiger partial charge in [0.05, 0.1) is 25.7 Å². The number of nitrogens with zero attached hydrogens (tertiary/aromatic N) is 1. The molecular weight excluding hydrogens is 310 g/mol. The maximum absolute atomic E-state index is 12.2. The highest BCUT2D eigenvalue weighted by Gasteiger charge is 2.25. The minimum absolute atomic E-state index is 0.0679. The Bertz CT molecular complexity index is 566. The fraction of sp³-hybridized carbons (Fsp3) is 0.556. The van der Waals surface area contributed by atoms with E-state index in [0.29, 0.717) is 32.1 Å². The first-order chi connectivity index (χ1) is 11.5. The van der Waals surface area contributed by atoms with E-state index < -0.39 is 12.1 Å². The highest BCUT2D eigenvalue weighted by atomic mass is 16.5. The molecule has 1 aliphatic rings. The van der Waals surface area contributed by atoms with Crippen molar-refractivity contribution < 1.29 is 23.8 Å². The average Bonchev–Trinajstić information content (AvgIpc) is 2.54. The van der Waals surface area contributed by atoms with Crippen molar-refractivity contribution in [3.8, 4) is 5.75 Å². The lowest BCUT2D eigenvalue weighted by molar-refractivity contribution is -0.160. The molecule has 1 heterocycles. The second-order valence-corrected chi connectivity index (χ2v) is 6.06. The molecule has 1 saturated heterocycles. The zero-order chi connectivity index (χ0) is 17.5. The van der Waals surface area contributed by atoms with Crippen LogP contribution >= 0.6 is 0 Å². The van der Waals surface area contributed by atoms with E-state index in [1.54, 1.807) is 11.8 Å². The molecule has 2 rings (SSSR count). The normalized spacial score (nSPS) is 15.9. The molecule has 1 aliphatic heterocycles. The van der Waals surface area contributed by atoms with E-state index in [0.717, 1.165) is 5.56 Å². The Hall–Kier alpha value is -2.08. The first kappa shape index (κ1) is 18.3. The van der Waals surface area contributed by atoms with E-state index in [4.69, 9.17) is 14.2 Å². The van der Waals surface area contributed by atoms with Gasteiger partial charge in [-0.15, -0.1) is 0 Å². The van der Waals surface area contributed by atoms with Crippen LogP contribution in [-0.2, 0) is 25.5 Å². The molecule has 1 atom stereocenters. The number of carbonyl (C=O) groups is 2. The summed E-state index contributed by atoms with van der Waals surface area (Å²) >= 11 is 0. The van der Waals surface area contributed by atoms with E-state index in [1.165, 1.54) is 0 Å². The van der Waals surface area contributed by atoms with Crippen LogP contribution in [0.15, 0.2) is 24.3 Å². The number of carbonyl (C=O) groups excluding carboxylic acids is 2. The fourth-order valence-electron chi connectivity index (χ4n) is 2.50. The van der Waals surface area contributed by atoms with Crippen LogP contribution in [0.2, 0.25) is 0 Å². The van der Waals surface area contributed by atoms with Gasteiger partial charge in [-0.1, -0.05) is 12.1 Å².